The third kappa shape index (κ3) is 4.56. The van der Waals surface area contributed by atoms with E-state index < -0.39 is 15.4 Å². The van der Waals surface area contributed by atoms with Gasteiger partial charge in [-0.2, -0.15) is 0 Å². The average Bonchev–Trinajstić information content (AvgIpc) is 3.31. The maximum Gasteiger partial charge on any atom is 0.240 e. The van der Waals surface area contributed by atoms with Crippen LogP contribution in [0.4, 0.5) is 5.82 Å². The van der Waals surface area contributed by atoms with E-state index in [0.29, 0.717) is 28.8 Å². The van der Waals surface area contributed by atoms with Crippen LogP contribution in [0.1, 0.15) is 24.2 Å². The lowest BCUT2D eigenvalue weighted by Gasteiger charge is -2.16. The Labute approximate surface area is 213 Å². The van der Waals surface area contributed by atoms with Crippen LogP contribution in [0.2, 0.25) is 0 Å². The van der Waals surface area contributed by atoms with Crippen molar-refractivity contribution in [2.24, 2.45) is 0 Å². The number of carbonyl (C=O) groups excluding carboxylic acids is 1. The molecule has 2 aliphatic rings. The first kappa shape index (κ1) is 23.3. The van der Waals surface area contributed by atoms with Gasteiger partial charge in [0.2, 0.25) is 22.7 Å². The van der Waals surface area contributed by atoms with Crippen molar-refractivity contribution < 1.29 is 27.1 Å². The van der Waals surface area contributed by atoms with E-state index in [2.05, 4.69) is 15.0 Å². The van der Waals surface area contributed by atoms with Crippen LogP contribution < -0.4 is 19.5 Å². The number of ether oxygens (including phenoxy) is 2. The topological polar surface area (TPSA) is 120 Å². The fraction of sp³-hybridized carbons (Fsp3) is 0.185. The fourth-order valence-corrected chi connectivity index (χ4v) is 5.33. The molecule has 1 aliphatic carbocycles. The second-order valence-corrected chi connectivity index (χ2v) is 10.7. The van der Waals surface area contributed by atoms with Gasteiger partial charge in [0.25, 0.3) is 0 Å². The predicted molar refractivity (Wildman–Crippen MR) is 135 cm³/mol. The van der Waals surface area contributed by atoms with E-state index in [1.54, 1.807) is 42.5 Å². The summed E-state index contributed by atoms with van der Waals surface area (Å²) >= 11 is 0. The van der Waals surface area contributed by atoms with Crippen LogP contribution in [0.25, 0.3) is 11.3 Å². The van der Waals surface area contributed by atoms with Crippen LogP contribution in [0, 0.1) is 0 Å². The quantitative estimate of drug-likeness (QED) is 0.359. The molecule has 2 N–H and O–H groups in total. The van der Waals surface area contributed by atoms with Crippen molar-refractivity contribution in [2.45, 2.75) is 29.7 Å². The van der Waals surface area contributed by atoms with Crippen molar-refractivity contribution in [1.82, 2.24) is 9.71 Å². The monoisotopic (exact) mass is 517 g/mol. The Hall–Kier alpha value is -4.15. The molecule has 6 rings (SSSR count). The van der Waals surface area contributed by atoms with Crippen LogP contribution in [0.15, 0.2) is 88.4 Å². The first-order valence-electron chi connectivity index (χ1n) is 11.7. The van der Waals surface area contributed by atoms with Gasteiger partial charge in [0.15, 0.2) is 11.5 Å². The third-order valence-corrected chi connectivity index (χ3v) is 7.99. The Morgan fingerprint density at radius 1 is 0.946 bits per heavy atom. The number of aromatic nitrogens is 1. The zero-order chi connectivity index (χ0) is 25.5. The molecule has 37 heavy (non-hydrogen) atoms. The molecule has 0 unspecified atom stereocenters. The molecular weight excluding hydrogens is 494 g/mol. The van der Waals surface area contributed by atoms with Crippen molar-refractivity contribution in [3.8, 4) is 22.8 Å². The number of nitrogens with one attached hydrogen (secondary N) is 2. The smallest absolute Gasteiger partial charge is 0.240 e. The van der Waals surface area contributed by atoms with Crippen LogP contribution in [-0.2, 0) is 26.8 Å². The second-order valence-electron chi connectivity index (χ2n) is 8.94. The van der Waals surface area contributed by atoms with Crippen molar-refractivity contribution in [1.29, 1.82) is 0 Å². The molecule has 3 heterocycles. The summed E-state index contributed by atoms with van der Waals surface area (Å²) in [5.74, 6) is 2.15. The van der Waals surface area contributed by atoms with Crippen LogP contribution >= 0.6 is 0 Å². The number of hydrogen-bond donors (Lipinski definition) is 2. The fourth-order valence-electron chi connectivity index (χ4n) is 4.33. The van der Waals surface area contributed by atoms with Crippen molar-refractivity contribution in [3.63, 3.8) is 0 Å². The van der Waals surface area contributed by atoms with Gasteiger partial charge in [-0.3, -0.25) is 4.79 Å². The summed E-state index contributed by atoms with van der Waals surface area (Å²) in [5.41, 5.74) is 1.61. The minimum atomic E-state index is -3.70. The van der Waals surface area contributed by atoms with Crippen molar-refractivity contribution in [3.05, 3.63) is 90.4 Å². The number of amides is 1. The molecule has 2 aromatic heterocycles. The Bertz CT molecular complexity index is 1560. The van der Waals surface area contributed by atoms with Gasteiger partial charge in [-0.15, -0.1) is 0 Å². The highest BCUT2D eigenvalue weighted by Gasteiger charge is 2.51. The number of rotatable bonds is 8. The van der Waals surface area contributed by atoms with Gasteiger partial charge in [0.05, 0.1) is 28.8 Å². The number of nitrogens with zero attached hydrogens (tertiary/aromatic N) is 1. The van der Waals surface area contributed by atoms with E-state index >= 15 is 0 Å². The van der Waals surface area contributed by atoms with E-state index in [9.17, 15) is 13.2 Å². The lowest BCUT2D eigenvalue weighted by Crippen LogP contribution is -2.28. The first-order valence-corrected chi connectivity index (χ1v) is 13.2. The Morgan fingerprint density at radius 3 is 2.51 bits per heavy atom. The summed E-state index contributed by atoms with van der Waals surface area (Å²) < 4.78 is 43.7. The van der Waals surface area contributed by atoms with E-state index in [4.69, 9.17) is 13.9 Å². The number of pyridine rings is 1. The van der Waals surface area contributed by atoms with Gasteiger partial charge >= 0.3 is 0 Å². The average molecular weight is 518 g/mol. The maximum absolute atomic E-state index is 13.2. The number of carbonyl (C=O) groups is 1. The Kier molecular flexibility index (Phi) is 5.69. The summed E-state index contributed by atoms with van der Waals surface area (Å²) in [4.78, 5) is 18.0. The van der Waals surface area contributed by atoms with Gasteiger partial charge in [0, 0.05) is 5.56 Å². The highest BCUT2D eigenvalue weighted by molar-refractivity contribution is 7.89. The second kappa shape index (κ2) is 9.06. The Morgan fingerprint density at radius 2 is 1.76 bits per heavy atom. The lowest BCUT2D eigenvalue weighted by molar-refractivity contribution is -0.118. The Balaban J connectivity index is 1.16. The van der Waals surface area contributed by atoms with E-state index in [1.165, 1.54) is 18.4 Å². The summed E-state index contributed by atoms with van der Waals surface area (Å²) in [6, 6.07) is 20.8. The predicted octanol–water partition coefficient (Wildman–Crippen LogP) is 4.22. The highest BCUT2D eigenvalue weighted by atomic mass is 32.2. The molecule has 1 saturated carbocycles. The van der Waals surface area contributed by atoms with E-state index in [1.807, 2.05) is 18.2 Å². The zero-order valence-electron chi connectivity index (χ0n) is 19.6. The van der Waals surface area contributed by atoms with Crippen molar-refractivity contribution in [2.75, 3.05) is 12.1 Å². The molecule has 1 fully saturated rings. The number of sulfonamides is 1. The molecular formula is C27H23N3O6S. The molecule has 4 aromatic rings. The van der Waals surface area contributed by atoms with Gasteiger partial charge in [-0.25, -0.2) is 18.1 Å². The number of benzene rings is 2. The highest BCUT2D eigenvalue weighted by Crippen LogP contribution is 2.51. The van der Waals surface area contributed by atoms with Crippen LogP contribution in [0.5, 0.6) is 11.5 Å². The first-order chi connectivity index (χ1) is 17.9. The third-order valence-electron chi connectivity index (χ3n) is 6.58. The summed E-state index contributed by atoms with van der Waals surface area (Å²) in [6.07, 6.45) is 2.97. The normalized spacial score (nSPS) is 15.4. The molecule has 9 nitrogen and oxygen atoms in total. The number of furan rings is 1. The molecule has 1 amide bonds. The number of hydrogen-bond acceptors (Lipinski definition) is 7. The van der Waals surface area contributed by atoms with Gasteiger partial charge in [0.1, 0.15) is 11.6 Å². The summed E-state index contributed by atoms with van der Waals surface area (Å²) in [6.45, 7) is 0.247. The lowest BCUT2D eigenvalue weighted by atomic mass is 9.94. The van der Waals surface area contributed by atoms with Gasteiger partial charge < -0.3 is 19.2 Å². The molecule has 188 valence electrons. The maximum atomic E-state index is 13.2. The van der Waals surface area contributed by atoms with Crippen LogP contribution in [0.3, 0.4) is 0 Å². The molecule has 0 spiro atoms. The van der Waals surface area contributed by atoms with Gasteiger partial charge in [-0.1, -0.05) is 24.3 Å². The van der Waals surface area contributed by atoms with E-state index in [0.717, 1.165) is 24.0 Å². The molecule has 2 aromatic carbocycles. The summed E-state index contributed by atoms with van der Waals surface area (Å²) in [5, 5.41) is 2.95. The number of fused-ring (bicyclic) bond motifs is 1. The standard InChI is InChI=1S/C27H23N3O6S/c31-26(27(12-13-27)19-8-11-23-24(15-19)36-17-35-23)30-25-5-1-4-22(29-25)18-6-9-21(10-7-18)37(32,33)28-16-20-3-2-14-34-20/h1-11,14-15,28H,12-13,16-17H2,(H,29,30,31). The minimum absolute atomic E-state index is 0.0636. The van der Waals surface area contributed by atoms with Crippen LogP contribution in [-0.4, -0.2) is 26.1 Å². The SMILES string of the molecule is O=C(Nc1cccc(-c2ccc(S(=O)(=O)NCc3ccco3)cc2)n1)C1(c2ccc3c(c2)OCO3)CC1. The molecule has 0 radical (unpaired) electrons. The molecule has 0 bridgehead atoms. The molecule has 0 atom stereocenters. The molecule has 1 aliphatic heterocycles. The van der Waals surface area contributed by atoms with E-state index in [-0.39, 0.29) is 24.1 Å². The molecule has 10 heteroatoms. The largest absolute Gasteiger partial charge is 0.468 e. The number of anilines is 1. The zero-order valence-corrected chi connectivity index (χ0v) is 20.5. The van der Waals surface area contributed by atoms with Gasteiger partial charge in [-0.05, 0) is 66.9 Å². The minimum Gasteiger partial charge on any atom is -0.468 e. The molecule has 0 saturated heterocycles. The van der Waals surface area contributed by atoms with Crippen molar-refractivity contribution >= 4 is 21.7 Å². The summed E-state index contributed by atoms with van der Waals surface area (Å²) in [7, 11) is -3.70.